The third kappa shape index (κ3) is 25.9. The minimum Gasteiger partial charge on any atom is -0.481 e. The van der Waals surface area contributed by atoms with Gasteiger partial charge in [-0.2, -0.15) is 0 Å². The molecule has 0 aliphatic carbocycles. The molecule has 0 heterocycles. The zero-order chi connectivity index (χ0) is 13.7. The van der Waals surface area contributed by atoms with Crippen LogP contribution in [0.5, 0.6) is 0 Å². The molecule has 0 radical (unpaired) electrons. The van der Waals surface area contributed by atoms with Gasteiger partial charge in [-0.1, -0.05) is 0 Å². The monoisotopic (exact) mass is 254 g/mol. The van der Waals surface area contributed by atoms with E-state index >= 15 is 0 Å². The van der Waals surface area contributed by atoms with Crippen molar-refractivity contribution in [3.63, 3.8) is 0 Å². The predicted octanol–water partition coefficient (Wildman–Crippen LogP) is 2.73. The Labute approximate surface area is 121 Å². The second-order valence-electron chi connectivity index (χ2n) is 4.53. The van der Waals surface area contributed by atoms with Gasteiger partial charge in [-0.3, -0.25) is 9.59 Å². The van der Waals surface area contributed by atoms with E-state index in [1.165, 1.54) is 57.3 Å². The third-order valence-corrected chi connectivity index (χ3v) is 2.89. The molecule has 0 aliphatic rings. The smallest absolute Gasteiger partial charge is 0.303 e. The average molecular weight is 254 g/mol. The van der Waals surface area contributed by atoms with Crippen LogP contribution >= 0.6 is 0 Å². The van der Waals surface area contributed by atoms with E-state index in [0.717, 1.165) is 5.92 Å². The van der Waals surface area contributed by atoms with Crippen LogP contribution in [0, 0.1) is 5.92 Å². The van der Waals surface area contributed by atoms with Crippen LogP contribution in [-0.4, -0.2) is 50.1 Å². The number of hydrogen-bond donors (Lipinski definition) is 2. The van der Waals surface area contributed by atoms with E-state index in [-0.39, 0.29) is 12.8 Å². The van der Waals surface area contributed by atoms with Gasteiger partial charge in [0.05, 0.1) is 12.8 Å². The maximum absolute atomic E-state index is 9.64. The second-order valence-corrected chi connectivity index (χ2v) is 5.53. The summed E-state index contributed by atoms with van der Waals surface area (Å²) in [5, 5.41) is 15.8. The van der Waals surface area contributed by atoms with Crippen molar-refractivity contribution < 1.29 is 19.8 Å². The molecule has 0 aromatic rings. The topological polar surface area (TPSA) is 74.6 Å². The third-order valence-electron chi connectivity index (χ3n) is 2.19. The first kappa shape index (κ1) is 19.3. The van der Waals surface area contributed by atoms with Gasteiger partial charge in [0.2, 0.25) is 0 Å². The van der Waals surface area contributed by atoms with Crippen molar-refractivity contribution in [2.75, 3.05) is 0 Å². The van der Waals surface area contributed by atoms with E-state index in [0.29, 0.717) is 0 Å². The van der Waals surface area contributed by atoms with Gasteiger partial charge in [-0.05, 0) is 0 Å². The fourth-order valence-electron chi connectivity index (χ4n) is 1.19. The molecule has 2 N–H and O–H groups in total. The molecule has 4 nitrogen and oxygen atoms in total. The molecule has 0 spiro atoms. The van der Waals surface area contributed by atoms with E-state index in [2.05, 4.69) is 13.8 Å². The van der Waals surface area contributed by atoms with Crippen molar-refractivity contribution in [3.05, 3.63) is 0 Å². The summed E-state index contributed by atoms with van der Waals surface area (Å²) in [5.74, 6) is -1.24. The van der Waals surface area contributed by atoms with Crippen LogP contribution in [0.25, 0.3) is 0 Å². The number of unbranched alkanes of at least 4 members (excludes halogenated alkanes) is 2. The van der Waals surface area contributed by atoms with Crippen LogP contribution in [0.2, 0.25) is 3.67 Å². The Morgan fingerprint density at radius 1 is 1.00 bits per heavy atom. The van der Waals surface area contributed by atoms with Crippen LogP contribution in [0.1, 0.15) is 52.4 Å². The molecule has 96 valence electrons. The van der Waals surface area contributed by atoms with Crippen LogP contribution in [0.3, 0.4) is 0 Å². The summed E-state index contributed by atoms with van der Waals surface area (Å²) in [6.07, 6.45) is 5.26. The van der Waals surface area contributed by atoms with Crippen molar-refractivity contribution >= 4 is 39.9 Å². The minimum atomic E-state index is -1.08. The van der Waals surface area contributed by atoms with E-state index in [4.69, 9.17) is 10.2 Å². The standard InChI is InChI=1S/C8H17.C4H6O4.Na/c1-4-5-6-7-8(2)3;5-3(6)1-2-4(7)8;/h8H,1,4-7H2,2-3H3;1-2H2,(H,5,6)(H,7,8);. The zero-order valence-corrected chi connectivity index (χ0v) is 13.2. The van der Waals surface area contributed by atoms with Crippen molar-refractivity contribution in [3.8, 4) is 0 Å². The first-order chi connectivity index (χ1) is 7.90. The zero-order valence-electron chi connectivity index (χ0n) is 11.2. The number of aliphatic carboxylic acids is 2. The van der Waals surface area contributed by atoms with Crippen LogP contribution in [0.4, 0.5) is 0 Å². The summed E-state index contributed by atoms with van der Waals surface area (Å²) in [5.41, 5.74) is 0. The van der Waals surface area contributed by atoms with Crippen LogP contribution in [0.15, 0.2) is 0 Å². The Morgan fingerprint density at radius 2 is 1.47 bits per heavy atom. The van der Waals surface area contributed by atoms with Crippen molar-refractivity contribution in [2.45, 2.75) is 56.0 Å². The summed E-state index contributed by atoms with van der Waals surface area (Å²) in [7, 11) is 0. The van der Waals surface area contributed by atoms with Gasteiger partial charge in [-0.25, -0.2) is 0 Å². The molecule has 0 aliphatic heterocycles. The second kappa shape index (κ2) is 14.0. The molecular formula is C12H23NaO4. The molecule has 0 rings (SSSR count). The van der Waals surface area contributed by atoms with Gasteiger partial charge in [0.1, 0.15) is 0 Å². The molecule has 0 fully saturated rings. The maximum atomic E-state index is 9.64. The Balaban J connectivity index is 0. The van der Waals surface area contributed by atoms with Crippen molar-refractivity contribution in [1.82, 2.24) is 0 Å². The minimum absolute atomic E-state index is 0.296. The first-order valence-electron chi connectivity index (χ1n) is 6.33. The molecule has 0 saturated carbocycles. The molecular weight excluding hydrogens is 231 g/mol. The van der Waals surface area contributed by atoms with Gasteiger partial charge >= 0.3 is 89.0 Å². The van der Waals surface area contributed by atoms with Crippen molar-refractivity contribution in [2.24, 2.45) is 5.92 Å². The van der Waals surface area contributed by atoms with E-state index in [1.807, 2.05) is 0 Å². The number of hydrogen-bond acceptors (Lipinski definition) is 2. The predicted molar refractivity (Wildman–Crippen MR) is 68.4 cm³/mol. The maximum Gasteiger partial charge on any atom is 0.303 e. The normalized spacial score (nSPS) is 9.71. The van der Waals surface area contributed by atoms with E-state index in [9.17, 15) is 9.59 Å². The first-order valence-corrected chi connectivity index (χ1v) is 7.75. The molecule has 0 unspecified atom stereocenters. The number of carboxylic acid groups (broad SMARTS) is 2. The summed E-state index contributed by atoms with van der Waals surface area (Å²) < 4.78 is 1.50. The summed E-state index contributed by atoms with van der Waals surface area (Å²) >= 11 is 1.40. The van der Waals surface area contributed by atoms with Gasteiger partial charge < -0.3 is 10.2 Å². The number of carboxylic acids is 2. The Hall–Kier alpha value is -0.0600. The molecule has 0 aromatic carbocycles. The van der Waals surface area contributed by atoms with Crippen LogP contribution in [-0.2, 0) is 9.59 Å². The molecule has 5 heteroatoms. The summed E-state index contributed by atoms with van der Waals surface area (Å²) in [6, 6.07) is 0. The van der Waals surface area contributed by atoms with Gasteiger partial charge in [0.15, 0.2) is 0 Å². The molecule has 17 heavy (non-hydrogen) atoms. The van der Waals surface area contributed by atoms with Crippen molar-refractivity contribution in [1.29, 1.82) is 0 Å². The Kier molecular flexibility index (Phi) is 15.9. The Bertz CT molecular complexity index is 191. The molecule has 0 aromatic heterocycles. The largest absolute Gasteiger partial charge is 0.481 e. The molecule has 0 atom stereocenters. The number of carbonyl (C=O) groups is 2. The Morgan fingerprint density at radius 3 is 1.76 bits per heavy atom. The molecule has 0 bridgehead atoms. The van der Waals surface area contributed by atoms with Crippen LogP contribution < -0.4 is 0 Å². The fourth-order valence-corrected chi connectivity index (χ4v) is 1.69. The molecule has 0 saturated heterocycles. The van der Waals surface area contributed by atoms with E-state index in [1.54, 1.807) is 0 Å². The van der Waals surface area contributed by atoms with Gasteiger partial charge in [0, 0.05) is 0 Å². The fraction of sp³-hybridized carbons (Fsp3) is 0.833. The molecule has 0 amide bonds. The SMILES string of the molecule is CC(C)CCCC[CH2][Na].O=C(O)CCC(=O)O. The quantitative estimate of drug-likeness (QED) is 0.516. The van der Waals surface area contributed by atoms with E-state index < -0.39 is 11.9 Å². The number of rotatable bonds is 8. The van der Waals surface area contributed by atoms with Gasteiger partial charge in [0.25, 0.3) is 0 Å². The summed E-state index contributed by atoms with van der Waals surface area (Å²) in [6.45, 7) is 4.61. The van der Waals surface area contributed by atoms with Gasteiger partial charge in [-0.15, -0.1) is 0 Å². The average Bonchev–Trinajstić information content (AvgIpc) is 2.22. The summed E-state index contributed by atoms with van der Waals surface area (Å²) in [4.78, 5) is 19.3.